The molecular weight excluding hydrogens is 456 g/mol. The minimum atomic E-state index is 1.26. The van der Waals surface area contributed by atoms with Gasteiger partial charge in [0, 0.05) is 0 Å². The van der Waals surface area contributed by atoms with Crippen LogP contribution in [0.3, 0.4) is 0 Å². The summed E-state index contributed by atoms with van der Waals surface area (Å²) in [5, 5.41) is 10.5. The van der Waals surface area contributed by atoms with E-state index < -0.39 is 0 Å². The van der Waals surface area contributed by atoms with Crippen LogP contribution in [0.1, 0.15) is 22.3 Å². The highest BCUT2D eigenvalue weighted by Gasteiger charge is 2.16. The van der Waals surface area contributed by atoms with Crippen molar-refractivity contribution < 1.29 is 0 Å². The van der Waals surface area contributed by atoms with E-state index in [9.17, 15) is 0 Å². The molecule has 7 aromatic carbocycles. The highest BCUT2D eigenvalue weighted by molar-refractivity contribution is 6.27. The number of aryl methyl sites for hydroxylation is 4. The highest BCUT2D eigenvalue weighted by Crippen LogP contribution is 2.43. The highest BCUT2D eigenvalue weighted by atomic mass is 14.2. The zero-order valence-electron chi connectivity index (χ0n) is 22.4. The average Bonchev–Trinajstić information content (AvgIpc) is 2.91. The van der Waals surface area contributed by atoms with Crippen LogP contribution in [0.2, 0.25) is 0 Å². The number of hydrogen-bond donors (Lipinski definition) is 0. The Morgan fingerprint density at radius 2 is 0.763 bits per heavy atom. The Kier molecular flexibility index (Phi) is 5.13. The van der Waals surface area contributed by atoms with Gasteiger partial charge in [-0.2, -0.15) is 0 Å². The van der Waals surface area contributed by atoms with E-state index in [4.69, 9.17) is 0 Å². The molecule has 0 saturated heterocycles. The van der Waals surface area contributed by atoms with Gasteiger partial charge in [0.1, 0.15) is 0 Å². The summed E-state index contributed by atoms with van der Waals surface area (Å²) in [6.07, 6.45) is 0. The van der Waals surface area contributed by atoms with E-state index in [0.29, 0.717) is 0 Å². The van der Waals surface area contributed by atoms with E-state index in [-0.39, 0.29) is 0 Å². The molecule has 7 aromatic rings. The van der Waals surface area contributed by atoms with Gasteiger partial charge in [-0.05, 0) is 99.1 Å². The maximum absolute atomic E-state index is 2.38. The van der Waals surface area contributed by atoms with Gasteiger partial charge in [0.05, 0.1) is 0 Å². The molecule has 0 fully saturated rings. The molecule has 0 amide bonds. The number of hydrogen-bond acceptors (Lipinski definition) is 0. The quantitative estimate of drug-likeness (QED) is 0.168. The third kappa shape index (κ3) is 3.68. The van der Waals surface area contributed by atoms with Crippen LogP contribution in [-0.2, 0) is 0 Å². The Balaban J connectivity index is 1.61. The Hall–Kier alpha value is -4.42. The Morgan fingerprint density at radius 1 is 0.316 bits per heavy atom. The molecule has 0 atom stereocenters. The van der Waals surface area contributed by atoms with Crippen LogP contribution in [0.15, 0.2) is 109 Å². The second kappa shape index (κ2) is 8.57. The lowest BCUT2D eigenvalue weighted by Crippen LogP contribution is -1.90. The Morgan fingerprint density at radius 3 is 1.29 bits per heavy atom. The first-order valence-corrected chi connectivity index (χ1v) is 13.4. The molecule has 0 heteroatoms. The van der Waals surface area contributed by atoms with Gasteiger partial charge in [-0.1, -0.05) is 125 Å². The number of fused-ring (bicyclic) bond motifs is 6. The standard InChI is InChI=1S/C38H30/c1-23-5-7-28-11-15-31-22-32-16-12-29-8-6-24(2)21-35(29)37(32)38(36(31)34(28)20-23)30-13-9-27(10-14-30)33-18-25(3)17-26(4)19-33/h5-22H,1-4H3. The molecule has 0 aliphatic carbocycles. The summed E-state index contributed by atoms with van der Waals surface area (Å²) in [6, 6.07) is 41.2. The van der Waals surface area contributed by atoms with Gasteiger partial charge in [-0.3, -0.25) is 0 Å². The third-order valence-electron chi connectivity index (χ3n) is 7.96. The fourth-order valence-electron chi connectivity index (χ4n) is 6.25. The van der Waals surface area contributed by atoms with Gasteiger partial charge < -0.3 is 0 Å². The second-order valence-corrected chi connectivity index (χ2v) is 11.0. The summed E-state index contributed by atoms with van der Waals surface area (Å²) in [7, 11) is 0. The summed E-state index contributed by atoms with van der Waals surface area (Å²) in [5.41, 5.74) is 10.3. The first-order chi connectivity index (χ1) is 18.4. The molecule has 0 aliphatic heterocycles. The van der Waals surface area contributed by atoms with Crippen molar-refractivity contribution in [1.82, 2.24) is 0 Å². The minimum absolute atomic E-state index is 1.26. The van der Waals surface area contributed by atoms with Crippen molar-refractivity contribution >= 4 is 43.1 Å². The molecule has 0 aromatic heterocycles. The zero-order chi connectivity index (χ0) is 26.0. The lowest BCUT2D eigenvalue weighted by Gasteiger charge is -2.17. The Labute approximate surface area is 224 Å². The normalized spacial score (nSPS) is 11.7. The molecule has 0 nitrogen and oxygen atoms in total. The maximum atomic E-state index is 2.38. The van der Waals surface area contributed by atoms with Crippen molar-refractivity contribution in [1.29, 1.82) is 0 Å². The van der Waals surface area contributed by atoms with Gasteiger partial charge in [-0.15, -0.1) is 0 Å². The summed E-state index contributed by atoms with van der Waals surface area (Å²) >= 11 is 0. The minimum Gasteiger partial charge on any atom is -0.0587 e. The lowest BCUT2D eigenvalue weighted by atomic mass is 9.86. The van der Waals surface area contributed by atoms with Crippen LogP contribution in [0, 0.1) is 27.7 Å². The van der Waals surface area contributed by atoms with Crippen molar-refractivity contribution in [3.8, 4) is 22.3 Å². The first kappa shape index (κ1) is 22.8. The summed E-state index contributed by atoms with van der Waals surface area (Å²) in [6.45, 7) is 8.73. The zero-order valence-corrected chi connectivity index (χ0v) is 22.4. The first-order valence-electron chi connectivity index (χ1n) is 13.4. The second-order valence-electron chi connectivity index (χ2n) is 11.0. The summed E-state index contributed by atoms with van der Waals surface area (Å²) in [4.78, 5) is 0. The smallest absolute Gasteiger partial charge is 0.00143 e. The van der Waals surface area contributed by atoms with Gasteiger partial charge >= 0.3 is 0 Å². The van der Waals surface area contributed by atoms with Gasteiger partial charge in [0.25, 0.3) is 0 Å². The molecule has 0 unspecified atom stereocenters. The van der Waals surface area contributed by atoms with E-state index in [1.54, 1.807) is 0 Å². The molecule has 0 heterocycles. The lowest BCUT2D eigenvalue weighted by molar-refractivity contribution is 1.38. The molecule has 38 heavy (non-hydrogen) atoms. The van der Waals surface area contributed by atoms with E-state index in [1.165, 1.54) is 87.6 Å². The topological polar surface area (TPSA) is 0 Å². The molecule has 0 spiro atoms. The predicted octanol–water partition coefficient (Wildman–Crippen LogP) is 10.9. The molecular formula is C38H30. The van der Waals surface area contributed by atoms with Crippen LogP contribution >= 0.6 is 0 Å². The molecule has 0 N–H and O–H groups in total. The van der Waals surface area contributed by atoms with Crippen molar-refractivity contribution in [2.75, 3.05) is 0 Å². The summed E-state index contributed by atoms with van der Waals surface area (Å²) in [5.74, 6) is 0. The van der Waals surface area contributed by atoms with Crippen LogP contribution < -0.4 is 0 Å². The van der Waals surface area contributed by atoms with Crippen molar-refractivity contribution in [3.05, 3.63) is 131 Å². The molecule has 0 radical (unpaired) electrons. The van der Waals surface area contributed by atoms with Crippen molar-refractivity contribution in [2.45, 2.75) is 27.7 Å². The molecule has 7 rings (SSSR count). The fraction of sp³-hybridized carbons (Fsp3) is 0.105. The van der Waals surface area contributed by atoms with Crippen LogP contribution in [-0.4, -0.2) is 0 Å². The maximum Gasteiger partial charge on any atom is -0.00143 e. The average molecular weight is 487 g/mol. The van der Waals surface area contributed by atoms with Gasteiger partial charge in [0.2, 0.25) is 0 Å². The number of rotatable bonds is 2. The molecule has 182 valence electrons. The monoisotopic (exact) mass is 486 g/mol. The molecule has 0 bridgehead atoms. The van der Waals surface area contributed by atoms with E-state index in [0.717, 1.165) is 0 Å². The molecule has 0 aliphatic rings. The van der Waals surface area contributed by atoms with E-state index in [1.807, 2.05) is 0 Å². The van der Waals surface area contributed by atoms with Gasteiger partial charge in [0.15, 0.2) is 0 Å². The third-order valence-corrected chi connectivity index (χ3v) is 7.96. The van der Waals surface area contributed by atoms with E-state index in [2.05, 4.69) is 137 Å². The fourth-order valence-corrected chi connectivity index (χ4v) is 6.25. The van der Waals surface area contributed by atoms with Crippen LogP contribution in [0.25, 0.3) is 65.3 Å². The number of benzene rings is 7. The summed E-state index contributed by atoms with van der Waals surface area (Å²) < 4.78 is 0. The predicted molar refractivity (Wildman–Crippen MR) is 166 cm³/mol. The van der Waals surface area contributed by atoms with Gasteiger partial charge in [-0.25, -0.2) is 0 Å². The SMILES string of the molecule is Cc1cc(C)cc(-c2ccc(-c3c4c(ccc5ccc(C)cc54)cc4ccc5ccc(C)cc5c34)cc2)c1. The largest absolute Gasteiger partial charge is 0.0587 e. The van der Waals surface area contributed by atoms with E-state index >= 15 is 0 Å². The van der Waals surface area contributed by atoms with Crippen molar-refractivity contribution in [3.63, 3.8) is 0 Å². The van der Waals surface area contributed by atoms with Crippen molar-refractivity contribution in [2.24, 2.45) is 0 Å². The van der Waals surface area contributed by atoms with Crippen LogP contribution in [0.4, 0.5) is 0 Å². The Bertz CT molecular complexity index is 1920. The molecule has 0 saturated carbocycles. The van der Waals surface area contributed by atoms with Crippen LogP contribution in [0.5, 0.6) is 0 Å².